The number of carbonyl (C=O) groups excluding carboxylic acids is 1. The van der Waals surface area contributed by atoms with Crippen molar-refractivity contribution in [3.8, 4) is 11.1 Å². The van der Waals surface area contributed by atoms with Crippen molar-refractivity contribution in [3.63, 3.8) is 0 Å². The molecule has 0 bridgehead atoms. The molecule has 1 unspecified atom stereocenters. The second-order valence-corrected chi connectivity index (χ2v) is 5.71. The van der Waals surface area contributed by atoms with E-state index < -0.39 is 11.9 Å². The number of hydrogen-bond acceptors (Lipinski definition) is 2. The molecule has 0 saturated heterocycles. The van der Waals surface area contributed by atoms with Crippen LogP contribution in [0.25, 0.3) is 16.2 Å². The van der Waals surface area contributed by atoms with E-state index in [1.807, 2.05) is 0 Å². The van der Waals surface area contributed by atoms with E-state index in [-0.39, 0.29) is 12.2 Å². The first-order valence-corrected chi connectivity index (χ1v) is 7.53. The smallest absolute Gasteiger partial charge is 0.219 e. The Kier molecular flexibility index (Phi) is 5.53. The van der Waals surface area contributed by atoms with Crippen LogP contribution < -0.4 is 11.5 Å². The van der Waals surface area contributed by atoms with Crippen molar-refractivity contribution in [2.45, 2.75) is 19.4 Å². The van der Waals surface area contributed by atoms with E-state index >= 15 is 0 Å². The van der Waals surface area contributed by atoms with Crippen LogP contribution in [0.3, 0.4) is 0 Å². The molecule has 2 aromatic carbocycles. The van der Waals surface area contributed by atoms with Crippen molar-refractivity contribution in [1.29, 1.82) is 0 Å². The number of primary amides is 1. The lowest BCUT2D eigenvalue weighted by Gasteiger charge is -2.13. The van der Waals surface area contributed by atoms with Gasteiger partial charge in [-0.15, -0.1) is 0 Å². The first kappa shape index (κ1) is 17.2. The van der Waals surface area contributed by atoms with Crippen molar-refractivity contribution in [2.75, 3.05) is 0 Å². The van der Waals surface area contributed by atoms with Gasteiger partial charge in [-0.2, -0.15) is 0 Å². The van der Waals surface area contributed by atoms with Crippen LogP contribution in [-0.4, -0.2) is 11.9 Å². The largest absolute Gasteiger partial charge is 0.370 e. The number of amides is 1. The molecule has 2 aromatic rings. The van der Waals surface area contributed by atoms with E-state index in [9.17, 15) is 9.18 Å². The van der Waals surface area contributed by atoms with Gasteiger partial charge in [-0.1, -0.05) is 54.1 Å². The molecule has 1 amide bonds. The Morgan fingerprint density at radius 1 is 1.17 bits per heavy atom. The Morgan fingerprint density at radius 2 is 1.78 bits per heavy atom. The molecule has 5 heteroatoms. The van der Waals surface area contributed by atoms with Gasteiger partial charge in [0.25, 0.3) is 0 Å². The highest BCUT2D eigenvalue weighted by Crippen LogP contribution is 2.28. The minimum absolute atomic E-state index is 0.0371. The van der Waals surface area contributed by atoms with Crippen LogP contribution in [0.1, 0.15) is 18.9 Å². The summed E-state index contributed by atoms with van der Waals surface area (Å²) < 4.78 is 13.8. The zero-order valence-electron chi connectivity index (χ0n) is 12.7. The maximum atomic E-state index is 13.8. The summed E-state index contributed by atoms with van der Waals surface area (Å²) in [5.41, 5.74) is 13.8. The fraction of sp³-hybridized carbons (Fsp3) is 0.167. The van der Waals surface area contributed by atoms with Crippen LogP contribution in [-0.2, 0) is 4.79 Å². The summed E-state index contributed by atoms with van der Waals surface area (Å²) >= 11 is 6.34. The van der Waals surface area contributed by atoms with Crippen molar-refractivity contribution in [1.82, 2.24) is 0 Å². The lowest BCUT2D eigenvalue weighted by Crippen LogP contribution is -2.28. The summed E-state index contributed by atoms with van der Waals surface area (Å²) in [6, 6.07) is 13.2. The van der Waals surface area contributed by atoms with Crippen molar-refractivity contribution in [2.24, 2.45) is 11.5 Å². The second-order valence-electron chi connectivity index (χ2n) is 5.33. The molecule has 3 nitrogen and oxygen atoms in total. The van der Waals surface area contributed by atoms with E-state index in [4.69, 9.17) is 23.1 Å². The topological polar surface area (TPSA) is 69.1 Å². The molecule has 0 aliphatic heterocycles. The van der Waals surface area contributed by atoms with Crippen LogP contribution in [0.2, 0.25) is 0 Å². The highest BCUT2D eigenvalue weighted by molar-refractivity contribution is 6.49. The van der Waals surface area contributed by atoms with Gasteiger partial charge in [-0.3, -0.25) is 4.79 Å². The van der Waals surface area contributed by atoms with E-state index in [0.29, 0.717) is 16.2 Å². The number of nitrogens with two attached hydrogens (primary N) is 2. The highest BCUT2D eigenvalue weighted by atomic mass is 35.5. The number of benzene rings is 2. The zero-order chi connectivity index (χ0) is 17.0. The Hall–Kier alpha value is -2.17. The zero-order valence-corrected chi connectivity index (χ0v) is 13.5. The van der Waals surface area contributed by atoms with Gasteiger partial charge in [0.05, 0.1) is 0 Å². The fourth-order valence-corrected chi connectivity index (χ4v) is 2.52. The van der Waals surface area contributed by atoms with Gasteiger partial charge in [0.2, 0.25) is 5.91 Å². The van der Waals surface area contributed by atoms with Crippen LogP contribution in [0.5, 0.6) is 0 Å². The Morgan fingerprint density at radius 3 is 2.35 bits per heavy atom. The van der Waals surface area contributed by atoms with E-state index in [1.54, 1.807) is 49.4 Å². The molecule has 23 heavy (non-hydrogen) atoms. The Balaban J connectivity index is 2.29. The van der Waals surface area contributed by atoms with Gasteiger partial charge in [0.1, 0.15) is 5.82 Å². The molecular formula is C18H18ClFN2O. The predicted octanol–water partition coefficient (Wildman–Crippen LogP) is 3.67. The SMILES string of the molecule is C/C(=C(/Cl)c1ccc(-c2ccccc2F)cc1)C(N)CC(N)=O. The summed E-state index contributed by atoms with van der Waals surface area (Å²) in [5, 5.41) is 0.471. The van der Waals surface area contributed by atoms with Crippen molar-refractivity contribution < 1.29 is 9.18 Å². The molecule has 0 radical (unpaired) electrons. The monoisotopic (exact) mass is 332 g/mol. The summed E-state index contributed by atoms with van der Waals surface area (Å²) in [7, 11) is 0. The second kappa shape index (κ2) is 7.40. The molecule has 4 N–H and O–H groups in total. The van der Waals surface area contributed by atoms with Crippen molar-refractivity contribution >= 4 is 22.5 Å². The lowest BCUT2D eigenvalue weighted by molar-refractivity contribution is -0.118. The third-order valence-corrected chi connectivity index (χ3v) is 4.16. The van der Waals surface area contributed by atoms with Crippen molar-refractivity contribution in [3.05, 3.63) is 65.5 Å². The molecular weight excluding hydrogens is 315 g/mol. The molecule has 0 heterocycles. The molecule has 0 aromatic heterocycles. The molecule has 0 aliphatic rings. The van der Waals surface area contributed by atoms with E-state index in [0.717, 1.165) is 11.1 Å². The van der Waals surface area contributed by atoms with Gasteiger partial charge in [-0.05, 0) is 29.7 Å². The normalized spacial score (nSPS) is 13.4. The van der Waals surface area contributed by atoms with Gasteiger partial charge in [0, 0.05) is 23.1 Å². The van der Waals surface area contributed by atoms with Crippen LogP contribution in [0, 0.1) is 5.82 Å². The summed E-state index contributed by atoms with van der Waals surface area (Å²) in [4.78, 5) is 10.9. The van der Waals surface area contributed by atoms with Gasteiger partial charge in [-0.25, -0.2) is 4.39 Å². The van der Waals surface area contributed by atoms with Gasteiger partial charge < -0.3 is 11.5 Å². The molecule has 120 valence electrons. The average molecular weight is 333 g/mol. The molecule has 1 atom stereocenters. The van der Waals surface area contributed by atoms with Crippen LogP contribution in [0.15, 0.2) is 54.1 Å². The minimum Gasteiger partial charge on any atom is -0.370 e. The lowest BCUT2D eigenvalue weighted by atomic mass is 10.00. The number of rotatable bonds is 5. The number of halogens is 2. The summed E-state index contributed by atoms with van der Waals surface area (Å²) in [6.07, 6.45) is 0.0371. The first-order valence-electron chi connectivity index (χ1n) is 7.15. The van der Waals surface area contributed by atoms with Crippen LogP contribution in [0.4, 0.5) is 4.39 Å². The predicted molar refractivity (Wildman–Crippen MR) is 92.1 cm³/mol. The third-order valence-electron chi connectivity index (χ3n) is 3.65. The Labute approximate surface area is 139 Å². The highest BCUT2D eigenvalue weighted by Gasteiger charge is 2.13. The maximum absolute atomic E-state index is 13.8. The van der Waals surface area contributed by atoms with Crippen LogP contribution >= 0.6 is 11.6 Å². The summed E-state index contributed by atoms with van der Waals surface area (Å²) in [5.74, 6) is -0.752. The maximum Gasteiger partial charge on any atom is 0.219 e. The molecule has 0 fully saturated rings. The summed E-state index contributed by atoms with van der Waals surface area (Å²) in [6.45, 7) is 1.76. The number of carbonyl (C=O) groups is 1. The number of hydrogen-bond donors (Lipinski definition) is 2. The fourth-order valence-electron chi connectivity index (χ4n) is 2.25. The van der Waals surface area contributed by atoms with Gasteiger partial charge >= 0.3 is 0 Å². The molecule has 0 spiro atoms. The molecule has 2 rings (SSSR count). The molecule has 0 saturated carbocycles. The standard InChI is InChI=1S/C18H18ClFN2O/c1-11(16(21)10-17(22)23)18(19)13-8-6-12(7-9-13)14-4-2-3-5-15(14)20/h2-9,16H,10,21H2,1H3,(H2,22,23)/b18-11-. The Bertz CT molecular complexity index is 741. The molecule has 0 aliphatic carbocycles. The minimum atomic E-state index is -0.522. The van der Waals surface area contributed by atoms with E-state index in [1.165, 1.54) is 6.07 Å². The van der Waals surface area contributed by atoms with Gasteiger partial charge in [0.15, 0.2) is 0 Å². The average Bonchev–Trinajstić information content (AvgIpc) is 2.53. The first-order chi connectivity index (χ1) is 10.9. The quantitative estimate of drug-likeness (QED) is 0.877. The third kappa shape index (κ3) is 4.18. The van der Waals surface area contributed by atoms with E-state index in [2.05, 4.69) is 0 Å².